The second-order valence-electron chi connectivity index (χ2n) is 4.17. The Morgan fingerprint density at radius 2 is 1.50 bits per heavy atom. The SMILES string of the molecule is CCOc1ccc(OCCSc2ccc(N)cc2)cc1. The molecule has 0 heterocycles. The zero-order valence-corrected chi connectivity index (χ0v) is 12.4. The molecule has 2 rings (SSSR count). The molecule has 0 radical (unpaired) electrons. The maximum Gasteiger partial charge on any atom is 0.119 e. The fourth-order valence-electron chi connectivity index (χ4n) is 1.68. The van der Waals surface area contributed by atoms with E-state index < -0.39 is 0 Å². The van der Waals surface area contributed by atoms with Crippen molar-refractivity contribution in [1.82, 2.24) is 0 Å². The van der Waals surface area contributed by atoms with Crippen molar-refractivity contribution in [2.24, 2.45) is 0 Å². The molecule has 0 amide bonds. The van der Waals surface area contributed by atoms with Gasteiger partial charge in [-0.3, -0.25) is 0 Å². The molecule has 106 valence electrons. The predicted octanol–water partition coefficient (Wildman–Crippen LogP) is 3.84. The van der Waals surface area contributed by atoms with Crippen LogP contribution in [0.3, 0.4) is 0 Å². The Labute approximate surface area is 124 Å². The third-order valence-corrected chi connectivity index (χ3v) is 3.61. The fourth-order valence-corrected chi connectivity index (χ4v) is 2.41. The van der Waals surface area contributed by atoms with Gasteiger partial charge in [-0.1, -0.05) is 0 Å². The molecule has 2 aromatic carbocycles. The van der Waals surface area contributed by atoms with Crippen molar-refractivity contribution in [3.05, 3.63) is 48.5 Å². The van der Waals surface area contributed by atoms with Gasteiger partial charge in [0.15, 0.2) is 0 Å². The summed E-state index contributed by atoms with van der Waals surface area (Å²) in [6, 6.07) is 15.6. The number of hydrogen-bond donors (Lipinski definition) is 1. The normalized spacial score (nSPS) is 10.2. The van der Waals surface area contributed by atoms with Gasteiger partial charge < -0.3 is 15.2 Å². The first-order chi connectivity index (χ1) is 9.78. The number of nitrogens with two attached hydrogens (primary N) is 1. The van der Waals surface area contributed by atoms with Crippen LogP contribution in [0, 0.1) is 0 Å². The molecular weight excluding hydrogens is 270 g/mol. The summed E-state index contributed by atoms with van der Waals surface area (Å²) in [6.45, 7) is 3.32. The Balaban J connectivity index is 1.71. The van der Waals surface area contributed by atoms with E-state index in [1.807, 2.05) is 55.5 Å². The molecule has 0 aliphatic heterocycles. The van der Waals surface area contributed by atoms with Crippen molar-refractivity contribution in [3.8, 4) is 11.5 Å². The number of ether oxygens (including phenoxy) is 2. The smallest absolute Gasteiger partial charge is 0.119 e. The summed E-state index contributed by atoms with van der Waals surface area (Å²) in [4.78, 5) is 1.20. The Bertz CT molecular complexity index is 511. The van der Waals surface area contributed by atoms with Crippen molar-refractivity contribution >= 4 is 17.4 Å². The summed E-state index contributed by atoms with van der Waals surface area (Å²) >= 11 is 1.75. The summed E-state index contributed by atoms with van der Waals surface area (Å²) in [6.07, 6.45) is 0. The Morgan fingerprint density at radius 3 is 2.10 bits per heavy atom. The molecule has 4 heteroatoms. The van der Waals surface area contributed by atoms with Gasteiger partial charge in [0, 0.05) is 16.3 Å². The number of benzene rings is 2. The highest BCUT2D eigenvalue weighted by Crippen LogP contribution is 2.20. The van der Waals surface area contributed by atoms with Crippen molar-refractivity contribution < 1.29 is 9.47 Å². The molecular formula is C16H19NO2S. The molecule has 20 heavy (non-hydrogen) atoms. The summed E-state index contributed by atoms with van der Waals surface area (Å²) in [5, 5.41) is 0. The highest BCUT2D eigenvalue weighted by atomic mass is 32.2. The first kappa shape index (κ1) is 14.6. The molecule has 3 nitrogen and oxygen atoms in total. The molecule has 0 unspecified atom stereocenters. The summed E-state index contributed by atoms with van der Waals surface area (Å²) < 4.78 is 11.1. The summed E-state index contributed by atoms with van der Waals surface area (Å²) in [7, 11) is 0. The lowest BCUT2D eigenvalue weighted by molar-refractivity contribution is 0.332. The van der Waals surface area contributed by atoms with E-state index in [4.69, 9.17) is 15.2 Å². The highest BCUT2D eigenvalue weighted by Gasteiger charge is 1.97. The molecule has 0 fully saturated rings. The van der Waals surface area contributed by atoms with Crippen molar-refractivity contribution in [2.75, 3.05) is 24.7 Å². The van der Waals surface area contributed by atoms with Gasteiger partial charge in [0.05, 0.1) is 13.2 Å². The minimum absolute atomic E-state index is 0.670. The fraction of sp³-hybridized carbons (Fsp3) is 0.250. The average Bonchev–Trinajstić information content (AvgIpc) is 2.47. The van der Waals surface area contributed by atoms with Gasteiger partial charge in [-0.15, -0.1) is 11.8 Å². The van der Waals surface area contributed by atoms with Crippen molar-refractivity contribution in [2.45, 2.75) is 11.8 Å². The zero-order chi connectivity index (χ0) is 14.2. The highest BCUT2D eigenvalue weighted by molar-refractivity contribution is 7.99. The zero-order valence-electron chi connectivity index (χ0n) is 11.5. The van der Waals surface area contributed by atoms with Crippen molar-refractivity contribution in [3.63, 3.8) is 0 Å². The monoisotopic (exact) mass is 289 g/mol. The van der Waals surface area contributed by atoms with E-state index in [1.54, 1.807) is 11.8 Å². The lowest BCUT2D eigenvalue weighted by Crippen LogP contribution is -2.00. The van der Waals surface area contributed by atoms with Gasteiger partial charge in [0.2, 0.25) is 0 Å². The predicted molar refractivity (Wildman–Crippen MR) is 84.7 cm³/mol. The Hall–Kier alpha value is -1.81. The largest absolute Gasteiger partial charge is 0.494 e. The van der Waals surface area contributed by atoms with Crippen LogP contribution in [0.15, 0.2) is 53.4 Å². The number of anilines is 1. The number of thioether (sulfide) groups is 1. The van der Waals surface area contributed by atoms with Gasteiger partial charge in [-0.05, 0) is 55.5 Å². The molecule has 0 bridgehead atoms. The minimum atomic E-state index is 0.670. The van der Waals surface area contributed by atoms with E-state index >= 15 is 0 Å². The molecule has 0 aliphatic carbocycles. The number of nitrogen functional groups attached to an aromatic ring is 1. The van der Waals surface area contributed by atoms with E-state index in [0.717, 1.165) is 22.9 Å². The molecule has 0 atom stereocenters. The van der Waals surface area contributed by atoms with E-state index in [-0.39, 0.29) is 0 Å². The lowest BCUT2D eigenvalue weighted by atomic mass is 10.3. The van der Waals surface area contributed by atoms with Crippen LogP contribution in [0.2, 0.25) is 0 Å². The van der Waals surface area contributed by atoms with Crippen LogP contribution in [0.1, 0.15) is 6.92 Å². The molecule has 0 aromatic heterocycles. The van der Waals surface area contributed by atoms with Gasteiger partial charge >= 0.3 is 0 Å². The minimum Gasteiger partial charge on any atom is -0.494 e. The van der Waals surface area contributed by atoms with Gasteiger partial charge in [0.1, 0.15) is 11.5 Å². The maximum absolute atomic E-state index is 5.68. The molecule has 0 aliphatic rings. The third-order valence-electron chi connectivity index (χ3n) is 2.64. The summed E-state index contributed by atoms with van der Waals surface area (Å²) in [5.41, 5.74) is 6.44. The topological polar surface area (TPSA) is 44.5 Å². The quantitative estimate of drug-likeness (QED) is 0.478. The van der Waals surface area contributed by atoms with Crippen LogP contribution < -0.4 is 15.2 Å². The maximum atomic E-state index is 5.68. The van der Waals surface area contributed by atoms with Gasteiger partial charge in [-0.25, -0.2) is 0 Å². The van der Waals surface area contributed by atoms with Crippen LogP contribution in [-0.2, 0) is 0 Å². The van der Waals surface area contributed by atoms with Crippen LogP contribution in [0.25, 0.3) is 0 Å². The second kappa shape index (κ2) is 7.70. The van der Waals surface area contributed by atoms with E-state index in [1.165, 1.54) is 4.90 Å². The van der Waals surface area contributed by atoms with Crippen LogP contribution in [-0.4, -0.2) is 19.0 Å². The van der Waals surface area contributed by atoms with Gasteiger partial charge in [0.25, 0.3) is 0 Å². The van der Waals surface area contributed by atoms with E-state index in [9.17, 15) is 0 Å². The average molecular weight is 289 g/mol. The first-order valence-corrected chi connectivity index (χ1v) is 7.60. The van der Waals surface area contributed by atoms with Crippen LogP contribution >= 0.6 is 11.8 Å². The second-order valence-corrected chi connectivity index (χ2v) is 5.34. The van der Waals surface area contributed by atoms with Crippen LogP contribution in [0.4, 0.5) is 5.69 Å². The molecule has 0 spiro atoms. The lowest BCUT2D eigenvalue weighted by Gasteiger charge is -2.07. The summed E-state index contributed by atoms with van der Waals surface area (Å²) in [5.74, 6) is 2.64. The Kier molecular flexibility index (Phi) is 5.62. The molecule has 2 aromatic rings. The number of rotatable bonds is 7. The number of hydrogen-bond acceptors (Lipinski definition) is 4. The molecule has 0 saturated carbocycles. The van der Waals surface area contributed by atoms with E-state index in [2.05, 4.69) is 0 Å². The van der Waals surface area contributed by atoms with E-state index in [0.29, 0.717) is 13.2 Å². The molecule has 0 saturated heterocycles. The molecule has 2 N–H and O–H groups in total. The van der Waals surface area contributed by atoms with Crippen LogP contribution in [0.5, 0.6) is 11.5 Å². The first-order valence-electron chi connectivity index (χ1n) is 6.62. The standard InChI is InChI=1S/C16H19NO2S/c1-2-18-14-5-7-15(8-6-14)19-11-12-20-16-9-3-13(17)4-10-16/h3-10H,2,11-12,17H2,1H3. The van der Waals surface area contributed by atoms with Gasteiger partial charge in [-0.2, -0.15) is 0 Å². The Morgan fingerprint density at radius 1 is 0.900 bits per heavy atom. The van der Waals surface area contributed by atoms with Crippen molar-refractivity contribution in [1.29, 1.82) is 0 Å². The third kappa shape index (κ3) is 4.70.